The third kappa shape index (κ3) is 4.13. The lowest BCUT2D eigenvalue weighted by molar-refractivity contribution is 0.315. The fourth-order valence-electron chi connectivity index (χ4n) is 2.19. The van der Waals surface area contributed by atoms with Gasteiger partial charge in [0.05, 0.1) is 6.20 Å². The van der Waals surface area contributed by atoms with Crippen LogP contribution in [0.25, 0.3) is 0 Å². The highest BCUT2D eigenvalue weighted by atomic mass is 15.2. The van der Waals surface area contributed by atoms with Gasteiger partial charge in [0, 0.05) is 44.5 Å². The van der Waals surface area contributed by atoms with Gasteiger partial charge < -0.3 is 10.2 Å². The van der Waals surface area contributed by atoms with E-state index in [-0.39, 0.29) is 0 Å². The predicted molar refractivity (Wildman–Crippen MR) is 69.7 cm³/mol. The average molecular weight is 236 g/mol. The molecule has 0 amide bonds. The van der Waals surface area contributed by atoms with Gasteiger partial charge in [0.2, 0.25) is 0 Å². The summed E-state index contributed by atoms with van der Waals surface area (Å²) in [6, 6.07) is 0.696. The molecule has 1 unspecified atom stereocenters. The van der Waals surface area contributed by atoms with Gasteiger partial charge in [-0.2, -0.15) is 5.10 Å². The van der Waals surface area contributed by atoms with Gasteiger partial charge in [0.1, 0.15) is 0 Å². The lowest BCUT2D eigenvalue weighted by Gasteiger charge is -2.18. The smallest absolute Gasteiger partial charge is 0.0534 e. The molecule has 1 N–H and O–H groups in total. The van der Waals surface area contributed by atoms with E-state index in [0.717, 1.165) is 25.6 Å². The molecule has 4 nitrogen and oxygen atoms in total. The molecule has 0 spiro atoms. The van der Waals surface area contributed by atoms with E-state index in [1.807, 2.05) is 17.9 Å². The summed E-state index contributed by atoms with van der Waals surface area (Å²) in [7, 11) is 4.12. The normalized spacial score (nSPS) is 17.6. The van der Waals surface area contributed by atoms with E-state index in [9.17, 15) is 0 Å². The molecule has 0 aliphatic heterocycles. The van der Waals surface area contributed by atoms with Crippen molar-refractivity contribution < 1.29 is 0 Å². The van der Waals surface area contributed by atoms with Crippen LogP contribution in [-0.2, 0) is 13.6 Å². The standard InChI is InChI=1S/C13H24N4/c1-11(13-4-5-13)14-6-7-16(2)9-12-8-15-17(3)10-12/h8,10-11,13-14H,4-7,9H2,1-3H3. The third-order valence-electron chi connectivity index (χ3n) is 3.50. The maximum atomic E-state index is 4.18. The molecule has 1 fully saturated rings. The number of aromatic nitrogens is 2. The van der Waals surface area contributed by atoms with Crippen molar-refractivity contribution in [2.75, 3.05) is 20.1 Å². The van der Waals surface area contributed by atoms with E-state index < -0.39 is 0 Å². The van der Waals surface area contributed by atoms with Crippen molar-refractivity contribution in [1.29, 1.82) is 0 Å². The quantitative estimate of drug-likeness (QED) is 0.773. The molecule has 1 saturated carbocycles. The zero-order chi connectivity index (χ0) is 12.3. The van der Waals surface area contributed by atoms with Crippen molar-refractivity contribution in [2.45, 2.75) is 32.4 Å². The molecule has 1 aromatic heterocycles. The first-order valence-corrected chi connectivity index (χ1v) is 6.54. The van der Waals surface area contributed by atoms with E-state index in [4.69, 9.17) is 0 Å². The number of aryl methyl sites for hydroxylation is 1. The van der Waals surface area contributed by atoms with Crippen LogP contribution >= 0.6 is 0 Å². The Morgan fingerprint density at radius 2 is 2.35 bits per heavy atom. The van der Waals surface area contributed by atoms with Gasteiger partial charge in [-0.05, 0) is 32.7 Å². The molecule has 1 atom stereocenters. The van der Waals surface area contributed by atoms with Gasteiger partial charge in [-0.15, -0.1) is 0 Å². The maximum absolute atomic E-state index is 4.18. The molecule has 0 bridgehead atoms. The molecule has 0 aromatic carbocycles. The Labute approximate surface area is 104 Å². The van der Waals surface area contributed by atoms with Crippen molar-refractivity contribution >= 4 is 0 Å². The summed E-state index contributed by atoms with van der Waals surface area (Å²) < 4.78 is 1.86. The summed E-state index contributed by atoms with van der Waals surface area (Å²) in [5.41, 5.74) is 1.28. The molecular formula is C13H24N4. The number of nitrogens with one attached hydrogen (secondary N) is 1. The SMILES string of the molecule is CC(NCCN(C)Cc1cnn(C)c1)C1CC1. The van der Waals surface area contributed by atoms with E-state index in [0.29, 0.717) is 6.04 Å². The molecule has 1 aliphatic rings. The second-order valence-electron chi connectivity index (χ2n) is 5.34. The van der Waals surface area contributed by atoms with Gasteiger partial charge in [0.15, 0.2) is 0 Å². The number of rotatable bonds is 7. The number of likely N-dealkylation sites (N-methyl/N-ethyl adjacent to an activating group) is 1. The molecule has 1 aliphatic carbocycles. The van der Waals surface area contributed by atoms with Crippen LogP contribution in [0.15, 0.2) is 12.4 Å². The molecule has 96 valence electrons. The van der Waals surface area contributed by atoms with Crippen molar-refractivity contribution in [3.05, 3.63) is 18.0 Å². The van der Waals surface area contributed by atoms with Crippen LogP contribution in [0.5, 0.6) is 0 Å². The van der Waals surface area contributed by atoms with E-state index in [1.165, 1.54) is 18.4 Å². The monoisotopic (exact) mass is 236 g/mol. The molecule has 0 saturated heterocycles. The predicted octanol–water partition coefficient (Wildman–Crippen LogP) is 1.24. The summed E-state index contributed by atoms with van der Waals surface area (Å²) in [5.74, 6) is 0.943. The van der Waals surface area contributed by atoms with E-state index in [1.54, 1.807) is 0 Å². The number of nitrogens with zero attached hydrogens (tertiary/aromatic N) is 3. The topological polar surface area (TPSA) is 33.1 Å². The highest BCUT2D eigenvalue weighted by Crippen LogP contribution is 2.32. The molecule has 17 heavy (non-hydrogen) atoms. The summed E-state index contributed by atoms with van der Waals surface area (Å²) in [6.07, 6.45) is 6.85. The second kappa shape index (κ2) is 5.65. The van der Waals surface area contributed by atoms with Crippen LogP contribution in [-0.4, -0.2) is 40.9 Å². The molecule has 0 radical (unpaired) electrons. The number of hydrogen-bond donors (Lipinski definition) is 1. The number of hydrogen-bond acceptors (Lipinski definition) is 3. The van der Waals surface area contributed by atoms with Crippen molar-refractivity contribution in [2.24, 2.45) is 13.0 Å². The average Bonchev–Trinajstić information content (AvgIpc) is 3.04. The maximum Gasteiger partial charge on any atom is 0.0534 e. The Kier molecular flexibility index (Phi) is 4.18. The molecule has 1 heterocycles. The second-order valence-corrected chi connectivity index (χ2v) is 5.34. The Morgan fingerprint density at radius 3 is 2.94 bits per heavy atom. The first kappa shape index (κ1) is 12.6. The largest absolute Gasteiger partial charge is 0.313 e. The minimum absolute atomic E-state index is 0.696. The van der Waals surface area contributed by atoms with Crippen LogP contribution in [0.1, 0.15) is 25.3 Å². The van der Waals surface area contributed by atoms with E-state index in [2.05, 4.69) is 35.5 Å². The highest BCUT2D eigenvalue weighted by Gasteiger charge is 2.27. The van der Waals surface area contributed by atoms with Crippen LogP contribution in [0, 0.1) is 5.92 Å². The first-order valence-electron chi connectivity index (χ1n) is 6.54. The van der Waals surface area contributed by atoms with Crippen LogP contribution in [0.4, 0.5) is 0 Å². The third-order valence-corrected chi connectivity index (χ3v) is 3.50. The summed E-state index contributed by atoms with van der Waals surface area (Å²) >= 11 is 0. The minimum atomic E-state index is 0.696. The zero-order valence-corrected chi connectivity index (χ0v) is 11.2. The molecule has 1 aromatic rings. The molecule has 4 heteroatoms. The summed E-state index contributed by atoms with van der Waals surface area (Å²) in [5, 5.41) is 7.79. The Bertz CT molecular complexity index is 343. The zero-order valence-electron chi connectivity index (χ0n) is 11.2. The lowest BCUT2D eigenvalue weighted by atomic mass is 10.2. The van der Waals surface area contributed by atoms with Crippen LogP contribution in [0.2, 0.25) is 0 Å². The minimum Gasteiger partial charge on any atom is -0.313 e. The van der Waals surface area contributed by atoms with Crippen LogP contribution < -0.4 is 5.32 Å². The summed E-state index contributed by atoms with van der Waals surface area (Å²) in [4.78, 5) is 2.34. The van der Waals surface area contributed by atoms with Crippen molar-refractivity contribution in [1.82, 2.24) is 20.0 Å². The Balaban J connectivity index is 1.61. The first-order chi connectivity index (χ1) is 8.15. The molecule has 2 rings (SSSR count). The Morgan fingerprint density at radius 1 is 1.59 bits per heavy atom. The van der Waals surface area contributed by atoms with Gasteiger partial charge in [0.25, 0.3) is 0 Å². The fraction of sp³-hybridized carbons (Fsp3) is 0.769. The van der Waals surface area contributed by atoms with Gasteiger partial charge >= 0.3 is 0 Å². The van der Waals surface area contributed by atoms with Crippen molar-refractivity contribution in [3.8, 4) is 0 Å². The van der Waals surface area contributed by atoms with Gasteiger partial charge in [-0.25, -0.2) is 0 Å². The summed E-state index contributed by atoms with van der Waals surface area (Å²) in [6.45, 7) is 5.45. The molecular weight excluding hydrogens is 212 g/mol. The Hall–Kier alpha value is -0.870. The van der Waals surface area contributed by atoms with Crippen LogP contribution in [0.3, 0.4) is 0 Å². The highest BCUT2D eigenvalue weighted by molar-refractivity contribution is 5.02. The van der Waals surface area contributed by atoms with Gasteiger partial charge in [-0.1, -0.05) is 0 Å². The fourth-order valence-corrected chi connectivity index (χ4v) is 2.19. The lowest BCUT2D eigenvalue weighted by Crippen LogP contribution is -2.35. The van der Waals surface area contributed by atoms with Gasteiger partial charge in [-0.3, -0.25) is 4.68 Å². The van der Waals surface area contributed by atoms with E-state index >= 15 is 0 Å². The van der Waals surface area contributed by atoms with Crippen molar-refractivity contribution in [3.63, 3.8) is 0 Å².